The van der Waals surface area contributed by atoms with Crippen LogP contribution in [0.1, 0.15) is 0 Å². The average molecular weight is 389 g/mol. The second-order valence-corrected chi connectivity index (χ2v) is 4.81. The molecule has 0 aliphatic heterocycles. The molecule has 2 aromatic carbocycles. The molecular formula is C16H14BF4O6. The Hall–Kier alpha value is -2.98. The van der Waals surface area contributed by atoms with Crippen LogP contribution in [0.25, 0.3) is 0 Å². The molecule has 0 atom stereocenters. The molecule has 0 unspecified atom stereocenters. The van der Waals surface area contributed by atoms with Gasteiger partial charge in [-0.05, 0) is 0 Å². The lowest BCUT2D eigenvalue weighted by Gasteiger charge is -2.17. The Labute approximate surface area is 152 Å². The lowest BCUT2D eigenvalue weighted by atomic mass is 10.2. The van der Waals surface area contributed by atoms with Crippen molar-refractivity contribution in [3.8, 4) is 34.5 Å². The molecule has 0 aliphatic carbocycles. The van der Waals surface area contributed by atoms with Crippen LogP contribution in [0.15, 0.2) is 12.1 Å². The summed E-state index contributed by atoms with van der Waals surface area (Å²) in [5, 5.41) is 0. The van der Waals surface area contributed by atoms with Crippen molar-refractivity contribution >= 4 is 7.69 Å². The van der Waals surface area contributed by atoms with E-state index >= 15 is 0 Å². The van der Waals surface area contributed by atoms with Gasteiger partial charge in [0, 0.05) is 12.1 Å². The lowest BCUT2D eigenvalue weighted by molar-refractivity contribution is 0.313. The van der Waals surface area contributed by atoms with Gasteiger partial charge in [0.15, 0.2) is 34.6 Å². The predicted octanol–water partition coefficient (Wildman–Crippen LogP) is 3.27. The maximum Gasteiger partial charge on any atom is 0.658 e. The summed E-state index contributed by atoms with van der Waals surface area (Å²) < 4.78 is 84.3. The van der Waals surface area contributed by atoms with E-state index < -0.39 is 34.8 Å². The van der Waals surface area contributed by atoms with Gasteiger partial charge in [-0.3, -0.25) is 0 Å². The van der Waals surface area contributed by atoms with Crippen molar-refractivity contribution in [2.45, 2.75) is 0 Å². The highest BCUT2D eigenvalue weighted by Gasteiger charge is 2.25. The number of hydrogen-bond acceptors (Lipinski definition) is 6. The fourth-order valence-electron chi connectivity index (χ4n) is 2.14. The quantitative estimate of drug-likeness (QED) is 0.511. The van der Waals surface area contributed by atoms with Crippen LogP contribution in [0.4, 0.5) is 17.6 Å². The Morgan fingerprint density at radius 3 is 1.26 bits per heavy atom. The molecule has 11 heteroatoms. The first kappa shape index (κ1) is 20.3. The molecular weight excluding hydrogens is 375 g/mol. The van der Waals surface area contributed by atoms with E-state index in [-0.39, 0.29) is 23.0 Å². The fraction of sp³-hybridized carbons (Fsp3) is 0.250. The maximum absolute atomic E-state index is 13.8. The summed E-state index contributed by atoms with van der Waals surface area (Å²) >= 11 is 0. The van der Waals surface area contributed by atoms with E-state index in [4.69, 9.17) is 28.3 Å². The smallest absolute Gasteiger partial charge is 0.521 e. The fourth-order valence-corrected chi connectivity index (χ4v) is 2.14. The molecule has 0 aliphatic rings. The third kappa shape index (κ3) is 3.91. The Kier molecular flexibility index (Phi) is 6.48. The van der Waals surface area contributed by atoms with Gasteiger partial charge in [0.1, 0.15) is 0 Å². The highest BCUT2D eigenvalue weighted by atomic mass is 19.2. The first-order chi connectivity index (χ1) is 12.9. The number of methoxy groups -OCH3 is 4. The predicted molar refractivity (Wildman–Crippen MR) is 85.9 cm³/mol. The van der Waals surface area contributed by atoms with Crippen LogP contribution < -0.4 is 28.3 Å². The van der Waals surface area contributed by atoms with Crippen LogP contribution in [0.5, 0.6) is 34.5 Å². The van der Waals surface area contributed by atoms with E-state index in [1.165, 1.54) is 14.2 Å². The van der Waals surface area contributed by atoms with Crippen LogP contribution in [-0.4, -0.2) is 36.1 Å². The second-order valence-electron chi connectivity index (χ2n) is 4.81. The zero-order chi connectivity index (χ0) is 20.1. The number of rotatable bonds is 8. The van der Waals surface area contributed by atoms with E-state index in [0.717, 1.165) is 26.4 Å². The zero-order valence-corrected chi connectivity index (χ0v) is 14.7. The summed E-state index contributed by atoms with van der Waals surface area (Å²) in [5.74, 6) is -7.34. The SMILES string of the molecule is COc1cc(F)c(F)c(OC)c1O[B]Oc1c(OC)cc(F)c(F)c1OC. The van der Waals surface area contributed by atoms with E-state index in [0.29, 0.717) is 7.69 Å². The summed E-state index contributed by atoms with van der Waals surface area (Å²) in [6, 6.07) is 1.47. The largest absolute Gasteiger partial charge is 0.658 e. The summed E-state index contributed by atoms with van der Waals surface area (Å²) in [6.45, 7) is 0. The van der Waals surface area contributed by atoms with E-state index in [2.05, 4.69) is 0 Å². The van der Waals surface area contributed by atoms with Crippen molar-refractivity contribution in [1.82, 2.24) is 0 Å². The maximum atomic E-state index is 13.8. The molecule has 0 fully saturated rings. The zero-order valence-electron chi connectivity index (χ0n) is 14.7. The average Bonchev–Trinajstić information content (AvgIpc) is 2.67. The highest BCUT2D eigenvalue weighted by molar-refractivity contribution is 6.21. The molecule has 0 heterocycles. The minimum absolute atomic E-state index is 0.199. The minimum atomic E-state index is -1.32. The molecule has 0 aromatic heterocycles. The van der Waals surface area contributed by atoms with Gasteiger partial charge in [-0.25, -0.2) is 8.78 Å². The number of halogens is 4. The Morgan fingerprint density at radius 2 is 0.963 bits per heavy atom. The Balaban J connectivity index is 2.33. The molecule has 0 spiro atoms. The van der Waals surface area contributed by atoms with Crippen LogP contribution in [0.2, 0.25) is 0 Å². The van der Waals surface area contributed by atoms with Gasteiger partial charge < -0.3 is 28.3 Å². The van der Waals surface area contributed by atoms with Gasteiger partial charge in [0.2, 0.25) is 23.1 Å². The molecule has 0 N–H and O–H groups in total. The first-order valence-corrected chi connectivity index (χ1v) is 7.24. The summed E-state index contributed by atoms with van der Waals surface area (Å²) in [5.41, 5.74) is 0. The normalized spacial score (nSPS) is 10.2. The topological polar surface area (TPSA) is 55.4 Å². The monoisotopic (exact) mass is 389 g/mol. The minimum Gasteiger partial charge on any atom is -0.521 e. The van der Waals surface area contributed by atoms with Crippen LogP contribution in [0.3, 0.4) is 0 Å². The molecule has 2 aromatic rings. The third-order valence-corrected chi connectivity index (χ3v) is 3.37. The van der Waals surface area contributed by atoms with Crippen molar-refractivity contribution in [2.24, 2.45) is 0 Å². The molecule has 2 rings (SSSR count). The van der Waals surface area contributed by atoms with Gasteiger partial charge in [-0.1, -0.05) is 0 Å². The summed E-state index contributed by atoms with van der Waals surface area (Å²) in [6.07, 6.45) is 0. The first-order valence-electron chi connectivity index (χ1n) is 7.24. The molecule has 6 nitrogen and oxygen atoms in total. The Bertz CT molecular complexity index is 766. The lowest BCUT2D eigenvalue weighted by Crippen LogP contribution is -2.15. The molecule has 145 valence electrons. The molecule has 0 saturated heterocycles. The summed E-state index contributed by atoms with van der Waals surface area (Å²) in [4.78, 5) is 0. The second kappa shape index (κ2) is 8.61. The third-order valence-electron chi connectivity index (χ3n) is 3.37. The van der Waals surface area contributed by atoms with Crippen molar-refractivity contribution in [1.29, 1.82) is 0 Å². The van der Waals surface area contributed by atoms with Crippen molar-refractivity contribution in [2.75, 3.05) is 28.4 Å². The van der Waals surface area contributed by atoms with Crippen molar-refractivity contribution in [3.05, 3.63) is 35.4 Å². The van der Waals surface area contributed by atoms with E-state index in [9.17, 15) is 17.6 Å². The summed E-state index contributed by atoms with van der Waals surface area (Å²) in [7, 11) is 5.21. The number of benzene rings is 2. The molecule has 0 bridgehead atoms. The van der Waals surface area contributed by atoms with Crippen LogP contribution >= 0.6 is 0 Å². The van der Waals surface area contributed by atoms with Crippen LogP contribution in [0, 0.1) is 23.3 Å². The van der Waals surface area contributed by atoms with E-state index in [1.54, 1.807) is 0 Å². The molecule has 0 saturated carbocycles. The molecule has 1 radical (unpaired) electrons. The number of hydrogen-bond donors (Lipinski definition) is 0. The highest BCUT2D eigenvalue weighted by Crippen LogP contribution is 2.42. The van der Waals surface area contributed by atoms with Gasteiger partial charge in [0.25, 0.3) is 0 Å². The van der Waals surface area contributed by atoms with Gasteiger partial charge in [0.05, 0.1) is 28.4 Å². The van der Waals surface area contributed by atoms with Gasteiger partial charge in [-0.2, -0.15) is 8.78 Å². The van der Waals surface area contributed by atoms with Crippen molar-refractivity contribution < 1.29 is 45.8 Å². The van der Waals surface area contributed by atoms with E-state index in [1.807, 2.05) is 0 Å². The van der Waals surface area contributed by atoms with Gasteiger partial charge in [-0.15, -0.1) is 0 Å². The Morgan fingerprint density at radius 1 is 0.593 bits per heavy atom. The number of ether oxygens (including phenoxy) is 4. The molecule has 27 heavy (non-hydrogen) atoms. The van der Waals surface area contributed by atoms with Crippen molar-refractivity contribution in [3.63, 3.8) is 0 Å². The standard InChI is InChI=1S/C16H14BF4O6/c1-22-9-5-7(18)11(20)15(24-3)13(9)26-17-27-14-10(23-2)6-8(19)12(21)16(14)25-4/h5-6H,1-4H3. The van der Waals surface area contributed by atoms with Crippen LogP contribution in [-0.2, 0) is 0 Å². The molecule has 0 amide bonds. The van der Waals surface area contributed by atoms with Gasteiger partial charge >= 0.3 is 7.69 Å².